The van der Waals surface area contributed by atoms with Gasteiger partial charge in [0.05, 0.1) is 12.8 Å². The first-order valence-corrected chi connectivity index (χ1v) is 13.6. The number of rotatable bonds is 10. The summed E-state index contributed by atoms with van der Waals surface area (Å²) in [7, 11) is 0. The summed E-state index contributed by atoms with van der Waals surface area (Å²) < 4.78 is 12.4. The smallest absolute Gasteiger partial charge is 0.281 e. The minimum atomic E-state index is -1.94. The van der Waals surface area contributed by atoms with Crippen molar-refractivity contribution in [1.82, 2.24) is 5.43 Å². The van der Waals surface area contributed by atoms with Crippen LogP contribution in [-0.4, -0.2) is 23.8 Å². The molecule has 6 nitrogen and oxygen atoms in total. The first-order valence-electron chi connectivity index (χ1n) is 12.0. The van der Waals surface area contributed by atoms with Gasteiger partial charge in [-0.1, -0.05) is 89.9 Å². The summed E-state index contributed by atoms with van der Waals surface area (Å²) >= 11 is 15.8. The maximum absolute atomic E-state index is 13.3. The summed E-state index contributed by atoms with van der Waals surface area (Å²) in [6.45, 7) is 2.49. The molecular weight excluding hydrogens is 603 g/mol. The van der Waals surface area contributed by atoms with Crippen molar-refractivity contribution in [2.75, 3.05) is 6.61 Å². The number of nitrogens with zero attached hydrogens (tertiary/aromatic N) is 1. The van der Waals surface area contributed by atoms with Crippen molar-refractivity contribution < 1.29 is 19.4 Å². The Morgan fingerprint density at radius 2 is 1.56 bits per heavy atom. The van der Waals surface area contributed by atoms with E-state index in [1.165, 1.54) is 6.21 Å². The molecule has 0 radical (unpaired) electrons. The molecule has 0 aliphatic rings. The van der Waals surface area contributed by atoms with Crippen LogP contribution in [0.1, 0.15) is 29.2 Å². The second-order valence-corrected chi connectivity index (χ2v) is 10.1. The van der Waals surface area contributed by atoms with Crippen molar-refractivity contribution in [3.05, 3.63) is 128 Å². The van der Waals surface area contributed by atoms with E-state index in [1.54, 1.807) is 78.9 Å². The molecule has 39 heavy (non-hydrogen) atoms. The van der Waals surface area contributed by atoms with Gasteiger partial charge in [-0.3, -0.25) is 4.79 Å². The monoisotopic (exact) mass is 626 g/mol. The van der Waals surface area contributed by atoms with E-state index in [-0.39, 0.29) is 6.61 Å². The first kappa shape index (κ1) is 28.6. The molecule has 0 aliphatic carbocycles. The normalized spacial score (nSPS) is 11.4. The third kappa shape index (κ3) is 6.81. The second-order valence-electron chi connectivity index (χ2n) is 8.42. The summed E-state index contributed by atoms with van der Waals surface area (Å²) in [5, 5.41) is 16.7. The molecule has 0 aliphatic heterocycles. The number of hydrazone groups is 1. The van der Waals surface area contributed by atoms with Crippen LogP contribution in [0.15, 0.2) is 101 Å². The topological polar surface area (TPSA) is 80.2 Å². The number of hydrogen-bond donors (Lipinski definition) is 2. The van der Waals surface area contributed by atoms with Crippen molar-refractivity contribution in [3.8, 4) is 11.5 Å². The van der Waals surface area contributed by atoms with Crippen molar-refractivity contribution in [2.24, 2.45) is 5.10 Å². The van der Waals surface area contributed by atoms with E-state index >= 15 is 0 Å². The molecule has 0 atom stereocenters. The fourth-order valence-corrected chi connectivity index (χ4v) is 4.74. The summed E-state index contributed by atoms with van der Waals surface area (Å²) in [6, 6.07) is 26.1. The van der Waals surface area contributed by atoms with Gasteiger partial charge in [-0.05, 0) is 58.2 Å². The molecule has 0 aromatic heterocycles. The average molecular weight is 628 g/mol. The third-order valence-electron chi connectivity index (χ3n) is 5.84. The van der Waals surface area contributed by atoms with Gasteiger partial charge < -0.3 is 14.6 Å². The van der Waals surface area contributed by atoms with Crippen LogP contribution in [0.3, 0.4) is 0 Å². The lowest BCUT2D eigenvalue weighted by Crippen LogP contribution is -2.43. The first-order chi connectivity index (χ1) is 18.8. The molecule has 2 N–H and O–H groups in total. The average Bonchev–Trinajstić information content (AvgIpc) is 2.95. The highest BCUT2D eigenvalue weighted by atomic mass is 79.9. The Kier molecular flexibility index (Phi) is 9.64. The molecule has 0 saturated heterocycles. The van der Waals surface area contributed by atoms with Gasteiger partial charge in [0.1, 0.15) is 6.61 Å². The molecule has 0 heterocycles. The molecule has 4 aromatic carbocycles. The molecule has 4 rings (SSSR count). The number of amides is 1. The summed E-state index contributed by atoms with van der Waals surface area (Å²) in [5.74, 6) is 0.291. The standard InChI is InChI=1S/C30H25BrCl2N2O4/c1-2-38-27-15-21(25(31)17-28(27)39-19-20-13-14-24(32)16-26(20)33)18-34-35-29(36)30(37,22-9-5-3-6-10-22)23-11-7-4-8-12-23/h3-18,37H,2,19H2,1H3,(H,35,36)/b34-18-. The predicted molar refractivity (Wildman–Crippen MR) is 158 cm³/mol. The zero-order valence-corrected chi connectivity index (χ0v) is 24.0. The second kappa shape index (κ2) is 13.1. The highest BCUT2D eigenvalue weighted by Gasteiger charge is 2.39. The number of halogens is 3. The third-order valence-corrected chi connectivity index (χ3v) is 7.12. The predicted octanol–water partition coefficient (Wildman–Crippen LogP) is 7.12. The molecule has 9 heteroatoms. The quantitative estimate of drug-likeness (QED) is 0.145. The van der Waals surface area contributed by atoms with E-state index in [4.69, 9.17) is 32.7 Å². The van der Waals surface area contributed by atoms with Crippen LogP contribution in [0.25, 0.3) is 0 Å². The lowest BCUT2D eigenvalue weighted by atomic mass is 9.85. The van der Waals surface area contributed by atoms with Crippen molar-refractivity contribution >= 4 is 51.3 Å². The van der Waals surface area contributed by atoms with E-state index in [1.807, 2.05) is 19.1 Å². The zero-order chi connectivity index (χ0) is 27.8. The van der Waals surface area contributed by atoms with Crippen LogP contribution >= 0.6 is 39.1 Å². The Morgan fingerprint density at radius 3 is 2.15 bits per heavy atom. The van der Waals surface area contributed by atoms with Crippen LogP contribution < -0.4 is 14.9 Å². The maximum atomic E-state index is 13.3. The van der Waals surface area contributed by atoms with Gasteiger partial charge in [0.15, 0.2) is 17.1 Å². The Labute approximate surface area is 245 Å². The number of nitrogens with one attached hydrogen (secondary N) is 1. The molecule has 200 valence electrons. The van der Waals surface area contributed by atoms with E-state index < -0.39 is 11.5 Å². The highest BCUT2D eigenvalue weighted by Crippen LogP contribution is 2.35. The number of carbonyl (C=O) groups excluding carboxylic acids is 1. The number of hydrogen-bond acceptors (Lipinski definition) is 5. The maximum Gasteiger partial charge on any atom is 0.281 e. The Morgan fingerprint density at radius 1 is 0.949 bits per heavy atom. The van der Waals surface area contributed by atoms with E-state index in [0.717, 1.165) is 5.56 Å². The van der Waals surface area contributed by atoms with Gasteiger partial charge in [-0.25, -0.2) is 5.43 Å². The van der Waals surface area contributed by atoms with Crippen LogP contribution in [0.2, 0.25) is 10.0 Å². The van der Waals surface area contributed by atoms with E-state index in [9.17, 15) is 9.90 Å². The molecule has 0 saturated carbocycles. The van der Waals surface area contributed by atoms with Crippen LogP contribution in [0, 0.1) is 0 Å². The van der Waals surface area contributed by atoms with Gasteiger partial charge in [-0.2, -0.15) is 5.10 Å². The van der Waals surface area contributed by atoms with Crippen LogP contribution in [0.4, 0.5) is 0 Å². The number of benzene rings is 4. The molecule has 0 fully saturated rings. The number of ether oxygens (including phenoxy) is 2. The molecule has 0 bridgehead atoms. The highest BCUT2D eigenvalue weighted by molar-refractivity contribution is 9.10. The molecule has 1 amide bonds. The van der Waals surface area contributed by atoms with Gasteiger partial charge in [-0.15, -0.1) is 0 Å². The van der Waals surface area contributed by atoms with Crippen LogP contribution in [0.5, 0.6) is 11.5 Å². The largest absolute Gasteiger partial charge is 0.490 e. The van der Waals surface area contributed by atoms with Crippen molar-refractivity contribution in [2.45, 2.75) is 19.1 Å². The van der Waals surface area contributed by atoms with E-state index in [0.29, 0.717) is 49.3 Å². The number of carbonyl (C=O) groups is 1. The molecule has 0 spiro atoms. The minimum Gasteiger partial charge on any atom is -0.490 e. The van der Waals surface area contributed by atoms with E-state index in [2.05, 4.69) is 26.5 Å². The van der Waals surface area contributed by atoms with Gasteiger partial charge in [0.2, 0.25) is 0 Å². The fraction of sp³-hybridized carbons (Fsp3) is 0.133. The van der Waals surface area contributed by atoms with Crippen molar-refractivity contribution in [3.63, 3.8) is 0 Å². The SMILES string of the molecule is CCOc1cc(/C=N\NC(=O)C(O)(c2ccccc2)c2ccccc2)c(Br)cc1OCc1ccc(Cl)cc1Cl. The molecule has 4 aromatic rings. The van der Waals surface area contributed by atoms with Gasteiger partial charge in [0.25, 0.3) is 5.91 Å². The zero-order valence-electron chi connectivity index (χ0n) is 20.9. The summed E-state index contributed by atoms with van der Waals surface area (Å²) in [6.07, 6.45) is 1.46. The lowest BCUT2D eigenvalue weighted by molar-refractivity contribution is -0.136. The van der Waals surface area contributed by atoms with Gasteiger partial charge in [0, 0.05) is 25.6 Å². The summed E-state index contributed by atoms with van der Waals surface area (Å²) in [5.41, 5.74) is 2.79. The molecular formula is C30H25BrCl2N2O4. The summed E-state index contributed by atoms with van der Waals surface area (Å²) in [4.78, 5) is 13.3. The Hall–Kier alpha value is -3.36. The Bertz CT molecular complexity index is 1430. The Balaban J connectivity index is 1.55. The van der Waals surface area contributed by atoms with Gasteiger partial charge >= 0.3 is 0 Å². The van der Waals surface area contributed by atoms with Crippen LogP contribution in [-0.2, 0) is 17.0 Å². The molecule has 0 unspecified atom stereocenters. The number of aliphatic hydroxyl groups is 1. The van der Waals surface area contributed by atoms with Crippen molar-refractivity contribution in [1.29, 1.82) is 0 Å². The minimum absolute atomic E-state index is 0.212. The lowest BCUT2D eigenvalue weighted by Gasteiger charge is -2.27. The fourth-order valence-electron chi connectivity index (χ4n) is 3.85.